The Morgan fingerprint density at radius 2 is 1.28 bits per heavy atom. The summed E-state index contributed by atoms with van der Waals surface area (Å²) < 4.78 is 5.87. The first kappa shape index (κ1) is 28.9. The number of hydrogen-bond donors (Lipinski definition) is 0. The van der Waals surface area contributed by atoms with Crippen LogP contribution in [0, 0.1) is 0 Å². The van der Waals surface area contributed by atoms with Crippen molar-refractivity contribution in [2.75, 3.05) is 6.61 Å². The van der Waals surface area contributed by atoms with Gasteiger partial charge in [-0.15, -0.1) is 33.2 Å². The van der Waals surface area contributed by atoms with Gasteiger partial charge >= 0.3 is 6.00 Å². The maximum Gasteiger partial charge on any atom is 0.341 e. The van der Waals surface area contributed by atoms with E-state index in [-0.39, 0.29) is 5.78 Å². The van der Waals surface area contributed by atoms with Gasteiger partial charge in [-0.3, -0.25) is 4.79 Å². The van der Waals surface area contributed by atoms with Crippen LogP contribution in [0.3, 0.4) is 0 Å². The van der Waals surface area contributed by atoms with Crippen molar-refractivity contribution in [3.05, 3.63) is 35.9 Å². The molecule has 0 spiro atoms. The number of hydrogen-bond acceptors (Lipinski definition) is 2. The van der Waals surface area contributed by atoms with Gasteiger partial charge in [-0.25, -0.2) is 0 Å². The molecule has 0 radical (unpaired) electrons. The van der Waals surface area contributed by atoms with Crippen LogP contribution >= 0.6 is 33.2 Å². The summed E-state index contributed by atoms with van der Waals surface area (Å²) >= 11 is 17.6. The van der Waals surface area contributed by atoms with Crippen molar-refractivity contribution in [2.45, 2.75) is 97.1 Å². The van der Waals surface area contributed by atoms with Crippen LogP contribution < -0.4 is 0 Å². The van der Waals surface area contributed by atoms with Gasteiger partial charge in [-0.2, -0.15) is 0 Å². The lowest BCUT2D eigenvalue weighted by atomic mass is 9.96. The minimum Gasteiger partial charge on any atom is -0.367 e. The van der Waals surface area contributed by atoms with Crippen molar-refractivity contribution in [3.8, 4) is 0 Å². The van der Waals surface area contributed by atoms with Gasteiger partial charge in [0.25, 0.3) is 0 Å². The number of carbonyl (C=O) groups is 1. The van der Waals surface area contributed by atoms with E-state index in [0.29, 0.717) is 12.2 Å². The van der Waals surface area contributed by atoms with E-state index in [0.717, 1.165) is 25.3 Å². The van der Waals surface area contributed by atoms with Crippen LogP contribution in [0.5, 0.6) is 0 Å². The van der Waals surface area contributed by atoms with Gasteiger partial charge < -0.3 is 4.74 Å². The number of unbranched alkanes of at least 4 members (excludes halogenated alkanes) is 8. The molecule has 0 heterocycles. The maximum atomic E-state index is 12.5. The minimum atomic E-state index is -2.41. The molecule has 6 heteroatoms. The molecule has 0 aliphatic carbocycles. The van der Waals surface area contributed by atoms with E-state index in [2.05, 4.69) is 0 Å². The SMILES string of the molecule is CC.CC(C)(OCCCCCCCCCCC[Si](Cl)(Cl)Cl)C(=O)c1ccccc1. The van der Waals surface area contributed by atoms with E-state index in [4.69, 9.17) is 38.0 Å². The van der Waals surface area contributed by atoms with Gasteiger partial charge in [0.2, 0.25) is 0 Å². The number of Topliss-reactive ketones (excluding diaryl/α,β-unsaturated/α-hetero) is 1. The van der Waals surface area contributed by atoms with Crippen molar-refractivity contribution in [1.29, 1.82) is 0 Å². The summed E-state index contributed by atoms with van der Waals surface area (Å²) in [4.78, 5) is 12.5. The van der Waals surface area contributed by atoms with Crippen LogP contribution in [0.25, 0.3) is 0 Å². The smallest absolute Gasteiger partial charge is 0.341 e. The van der Waals surface area contributed by atoms with Crippen molar-refractivity contribution in [2.24, 2.45) is 0 Å². The quantitative estimate of drug-likeness (QED) is 0.108. The number of ether oxygens (including phenoxy) is 1. The topological polar surface area (TPSA) is 26.3 Å². The summed E-state index contributed by atoms with van der Waals surface area (Å²) in [6, 6.07) is 7.73. The van der Waals surface area contributed by atoms with Gasteiger partial charge in [-0.1, -0.05) is 95.5 Å². The lowest BCUT2D eigenvalue weighted by Crippen LogP contribution is -2.35. The van der Waals surface area contributed by atoms with Gasteiger partial charge in [0.15, 0.2) is 5.78 Å². The molecule has 0 N–H and O–H groups in total. The highest BCUT2D eigenvalue weighted by Crippen LogP contribution is 2.27. The van der Waals surface area contributed by atoms with Gasteiger partial charge in [0, 0.05) is 12.2 Å². The normalized spacial score (nSPS) is 11.7. The summed E-state index contributed by atoms with van der Waals surface area (Å²) in [5, 5.41) is 0. The average Bonchev–Trinajstić information content (AvgIpc) is 2.69. The summed E-state index contributed by atoms with van der Waals surface area (Å²) in [5.41, 5.74) is -0.0599. The highest BCUT2D eigenvalue weighted by atomic mass is 35.8. The third-order valence-electron chi connectivity index (χ3n) is 4.65. The Morgan fingerprint density at radius 1 is 0.828 bits per heavy atom. The molecule has 1 aromatic rings. The standard InChI is InChI=1S/C21H33Cl3O2Si.C2H6/c1-21(2,20(25)19-15-11-10-12-16-19)26-17-13-8-6-4-3-5-7-9-14-18-27(22,23)24;1-2/h10-12,15-16H,3-9,13-14,17-18H2,1-2H3;1-2H3. The Balaban J connectivity index is 0.00000379. The summed E-state index contributed by atoms with van der Waals surface area (Å²) in [5.74, 6) is 0.0421. The second-order valence-electron chi connectivity index (χ2n) is 7.60. The van der Waals surface area contributed by atoms with Crippen LogP contribution in [0.1, 0.15) is 95.8 Å². The number of benzene rings is 1. The predicted octanol–water partition coefficient (Wildman–Crippen LogP) is 8.86. The molecule has 2 nitrogen and oxygen atoms in total. The van der Waals surface area contributed by atoms with Crippen LogP contribution in [0.15, 0.2) is 30.3 Å². The molecule has 0 aliphatic heterocycles. The zero-order chi connectivity index (χ0) is 22.2. The zero-order valence-corrected chi connectivity index (χ0v) is 21.9. The first-order valence-electron chi connectivity index (χ1n) is 11.0. The highest BCUT2D eigenvalue weighted by molar-refractivity contribution is 7.64. The minimum absolute atomic E-state index is 0.0421. The fraction of sp³-hybridized carbons (Fsp3) is 0.696. The third kappa shape index (κ3) is 15.4. The molecule has 0 saturated carbocycles. The maximum absolute atomic E-state index is 12.5. The molecular formula is C23H39Cl3O2Si. The zero-order valence-electron chi connectivity index (χ0n) is 18.6. The van der Waals surface area contributed by atoms with Gasteiger partial charge in [0.1, 0.15) is 5.60 Å². The average molecular weight is 482 g/mol. The molecule has 1 aromatic carbocycles. The van der Waals surface area contributed by atoms with Crippen LogP contribution in [0.2, 0.25) is 6.04 Å². The second kappa shape index (κ2) is 16.6. The van der Waals surface area contributed by atoms with Crippen molar-refractivity contribution >= 4 is 45.0 Å². The van der Waals surface area contributed by atoms with Crippen LogP contribution in [-0.2, 0) is 4.74 Å². The van der Waals surface area contributed by atoms with Crippen LogP contribution in [-0.4, -0.2) is 24.0 Å². The molecule has 0 unspecified atom stereocenters. The van der Waals surface area contributed by atoms with E-state index >= 15 is 0 Å². The molecule has 0 amide bonds. The van der Waals surface area contributed by atoms with Crippen molar-refractivity contribution < 1.29 is 9.53 Å². The monoisotopic (exact) mass is 480 g/mol. The van der Waals surface area contributed by atoms with E-state index in [1.807, 2.05) is 58.0 Å². The Labute approximate surface area is 193 Å². The Bertz CT molecular complexity index is 531. The molecule has 0 atom stereocenters. The first-order valence-corrected chi connectivity index (χ1v) is 16.3. The fourth-order valence-electron chi connectivity index (χ4n) is 2.99. The number of ketones is 1. The number of carbonyl (C=O) groups excluding carboxylic acids is 1. The van der Waals surface area contributed by atoms with Gasteiger partial charge in [-0.05, 0) is 26.3 Å². The molecule has 0 saturated heterocycles. The molecule has 0 bridgehead atoms. The fourth-order valence-corrected chi connectivity index (χ4v) is 4.85. The van der Waals surface area contributed by atoms with Crippen LogP contribution in [0.4, 0.5) is 0 Å². The number of halogens is 3. The second-order valence-corrected chi connectivity index (χ2v) is 16.9. The predicted molar refractivity (Wildman–Crippen MR) is 132 cm³/mol. The molecule has 0 fully saturated rings. The van der Waals surface area contributed by atoms with Gasteiger partial charge in [0.05, 0.1) is 0 Å². The lowest BCUT2D eigenvalue weighted by Gasteiger charge is -2.24. The number of rotatable bonds is 15. The summed E-state index contributed by atoms with van der Waals surface area (Å²) in [6.07, 6.45) is 10.6. The summed E-state index contributed by atoms with van der Waals surface area (Å²) in [7, 11) is 0. The Morgan fingerprint density at radius 3 is 1.76 bits per heavy atom. The first-order chi connectivity index (χ1) is 13.7. The molecule has 168 valence electrons. The highest BCUT2D eigenvalue weighted by Gasteiger charge is 2.29. The molecule has 0 aromatic heterocycles. The third-order valence-corrected chi connectivity index (χ3v) is 7.27. The van der Waals surface area contributed by atoms with E-state index in [1.165, 1.54) is 38.5 Å². The Kier molecular flexibility index (Phi) is 16.6. The van der Waals surface area contributed by atoms with E-state index < -0.39 is 11.6 Å². The van der Waals surface area contributed by atoms with E-state index in [1.54, 1.807) is 0 Å². The van der Waals surface area contributed by atoms with Crippen molar-refractivity contribution in [3.63, 3.8) is 0 Å². The lowest BCUT2D eigenvalue weighted by molar-refractivity contribution is -0.00588. The van der Waals surface area contributed by atoms with E-state index in [9.17, 15) is 4.79 Å². The summed E-state index contributed by atoms with van der Waals surface area (Å²) in [6.45, 7) is 8.34. The molecular weight excluding hydrogens is 443 g/mol. The Hall–Kier alpha value is -0.0631. The molecule has 29 heavy (non-hydrogen) atoms. The molecule has 0 aliphatic rings. The molecule has 1 rings (SSSR count). The van der Waals surface area contributed by atoms with Crippen molar-refractivity contribution in [1.82, 2.24) is 0 Å². The largest absolute Gasteiger partial charge is 0.367 e.